The van der Waals surface area contributed by atoms with Gasteiger partial charge in [0.15, 0.2) is 0 Å². The Kier molecular flexibility index (Phi) is 6.48. The summed E-state index contributed by atoms with van der Waals surface area (Å²) >= 11 is 2.32. The van der Waals surface area contributed by atoms with Crippen LogP contribution in [0.25, 0.3) is 0 Å². The molecule has 0 amide bonds. The molecule has 3 nitrogen and oxygen atoms in total. The molecule has 7 heteroatoms. The van der Waals surface area contributed by atoms with Crippen molar-refractivity contribution in [2.45, 2.75) is 26.2 Å². The Morgan fingerprint density at radius 2 is 1.64 bits per heavy atom. The first-order valence-corrected chi connectivity index (χ1v) is 11.6. The summed E-state index contributed by atoms with van der Waals surface area (Å²) in [6.07, 6.45) is -2.55. The summed E-state index contributed by atoms with van der Waals surface area (Å²) in [6, 6.07) is 0. The van der Waals surface area contributed by atoms with Crippen LogP contribution in [-0.2, 0) is 9.13 Å². The van der Waals surface area contributed by atoms with Crippen molar-refractivity contribution >= 4 is 35.7 Å². The molecule has 0 rings (SSSR count). The summed E-state index contributed by atoms with van der Waals surface area (Å²) in [5, 5.41) is -0.607. The van der Waals surface area contributed by atoms with Gasteiger partial charge in [-0.3, -0.25) is 4.57 Å². The predicted octanol–water partition coefficient (Wildman–Crippen LogP) is 3.93. The fraction of sp³-hybridized carbons (Fsp3) is 1.00. The second-order valence-corrected chi connectivity index (χ2v) is 14.8. The molecule has 0 spiro atoms. The van der Waals surface area contributed by atoms with Crippen molar-refractivity contribution in [1.82, 2.24) is 0 Å². The van der Waals surface area contributed by atoms with Crippen molar-refractivity contribution in [3.05, 3.63) is 0 Å². The maximum atomic E-state index is 12.1. The van der Waals surface area contributed by atoms with E-state index in [1.165, 1.54) is 11.4 Å². The van der Waals surface area contributed by atoms with Gasteiger partial charge in [-0.15, -0.1) is 0 Å². The lowest BCUT2D eigenvalue weighted by molar-refractivity contribution is 0.493. The van der Waals surface area contributed by atoms with Gasteiger partial charge in [0.1, 0.15) is 11.7 Å². The average Bonchev–Trinajstić information content (AvgIpc) is 2.02. The number of rotatable bonds is 6. The lowest BCUT2D eigenvalue weighted by atomic mass is 11.0. The molecule has 0 aliphatic heterocycles. The molecule has 86 valence electrons. The smallest absolute Gasteiger partial charge is 0.265 e. The van der Waals surface area contributed by atoms with Crippen LogP contribution in [0.1, 0.15) is 20.8 Å². The third-order valence-corrected chi connectivity index (χ3v) is 14.8. The first-order valence-electron chi connectivity index (χ1n) is 4.46. The molecule has 0 saturated carbocycles. The molecule has 0 bridgehead atoms. The van der Waals surface area contributed by atoms with Crippen molar-refractivity contribution in [2.24, 2.45) is 0 Å². The van der Waals surface area contributed by atoms with Crippen molar-refractivity contribution in [1.29, 1.82) is 0 Å². The zero-order chi connectivity index (χ0) is 11.4. The summed E-state index contributed by atoms with van der Waals surface area (Å²) < 4.78 is 23.8. The highest BCUT2D eigenvalue weighted by atomic mass is 32.7. The van der Waals surface area contributed by atoms with Gasteiger partial charge < -0.3 is 9.46 Å². The van der Waals surface area contributed by atoms with Crippen LogP contribution < -0.4 is 0 Å². The van der Waals surface area contributed by atoms with E-state index in [-0.39, 0.29) is 0 Å². The molecule has 0 aromatic rings. The summed E-state index contributed by atoms with van der Waals surface area (Å²) in [5.41, 5.74) is 0. The minimum absolute atomic E-state index is 0.578. The fourth-order valence-corrected chi connectivity index (χ4v) is 12.8. The van der Waals surface area contributed by atoms with Gasteiger partial charge in [-0.1, -0.05) is 36.6 Å². The van der Waals surface area contributed by atoms with Gasteiger partial charge in [-0.25, -0.2) is 0 Å². The van der Waals surface area contributed by atoms with Crippen LogP contribution in [0.4, 0.5) is 0 Å². The normalized spacial score (nSPS) is 22.4. The highest BCUT2D eigenvalue weighted by Gasteiger charge is 2.38. The average molecular weight is 276 g/mol. The number of hydrogen-bond acceptors (Lipinski definition) is 4. The van der Waals surface area contributed by atoms with Crippen molar-refractivity contribution in [3.63, 3.8) is 0 Å². The molecule has 0 aromatic heterocycles. The standard InChI is InChI=1S/C7H18O3P2S2/c1-5-13-11(4,8)7(3)12(9,10)14-6-2/h7H,5-6H2,1-4H3,(H,9,10). The molecule has 0 aromatic carbocycles. The van der Waals surface area contributed by atoms with Crippen LogP contribution >= 0.6 is 35.7 Å². The van der Waals surface area contributed by atoms with Crippen LogP contribution in [0.5, 0.6) is 0 Å². The van der Waals surface area contributed by atoms with Crippen LogP contribution in [-0.4, -0.2) is 28.5 Å². The molecule has 3 atom stereocenters. The molecule has 3 unspecified atom stereocenters. The minimum Gasteiger partial charge on any atom is -0.336 e. The summed E-state index contributed by atoms with van der Waals surface area (Å²) in [6.45, 7) is 3.65. The predicted molar refractivity (Wildman–Crippen MR) is 69.1 cm³/mol. The summed E-state index contributed by atoms with van der Waals surface area (Å²) in [5.74, 6) is 1.30. The van der Waals surface area contributed by atoms with Gasteiger partial charge in [-0.05, 0) is 25.1 Å². The Balaban J connectivity index is 4.67. The largest absolute Gasteiger partial charge is 0.336 e. The second kappa shape index (κ2) is 6.00. The molecule has 14 heavy (non-hydrogen) atoms. The molecular weight excluding hydrogens is 258 g/mol. The summed E-state index contributed by atoms with van der Waals surface area (Å²) in [4.78, 5) is 9.68. The van der Waals surface area contributed by atoms with Gasteiger partial charge in [-0.2, -0.15) is 0 Å². The van der Waals surface area contributed by atoms with E-state index >= 15 is 0 Å². The Hall–Kier alpha value is 1.12. The molecule has 0 saturated heterocycles. The quantitative estimate of drug-likeness (QED) is 0.745. The lowest BCUT2D eigenvalue weighted by Crippen LogP contribution is -2.00. The van der Waals surface area contributed by atoms with Gasteiger partial charge >= 0.3 is 0 Å². The third-order valence-electron chi connectivity index (χ3n) is 1.85. The molecule has 0 aliphatic rings. The first-order chi connectivity index (χ1) is 6.28. The van der Waals surface area contributed by atoms with Crippen LogP contribution in [0, 0.1) is 0 Å². The van der Waals surface area contributed by atoms with E-state index < -0.39 is 18.3 Å². The van der Waals surface area contributed by atoms with E-state index in [0.717, 1.165) is 17.1 Å². The monoisotopic (exact) mass is 276 g/mol. The van der Waals surface area contributed by atoms with E-state index in [4.69, 9.17) is 0 Å². The molecule has 0 heterocycles. The van der Waals surface area contributed by atoms with Crippen molar-refractivity contribution < 1.29 is 14.0 Å². The SMILES string of the molecule is CCSP(C)(=O)C(C)P(=O)(O)SCC. The Morgan fingerprint density at radius 3 is 2.00 bits per heavy atom. The van der Waals surface area contributed by atoms with E-state index in [1.54, 1.807) is 13.6 Å². The highest BCUT2D eigenvalue weighted by molar-refractivity contribution is 8.64. The molecule has 0 aliphatic carbocycles. The van der Waals surface area contributed by atoms with E-state index in [2.05, 4.69) is 0 Å². The Morgan fingerprint density at radius 1 is 1.21 bits per heavy atom. The Bertz CT molecular complexity index is 244. The maximum Gasteiger partial charge on any atom is 0.265 e. The topological polar surface area (TPSA) is 54.4 Å². The van der Waals surface area contributed by atoms with E-state index in [1.807, 2.05) is 13.8 Å². The summed E-state index contributed by atoms with van der Waals surface area (Å²) in [7, 11) is 0. The molecule has 0 radical (unpaired) electrons. The Labute approximate surface area is 94.1 Å². The highest BCUT2D eigenvalue weighted by Crippen LogP contribution is 2.75. The third kappa shape index (κ3) is 4.32. The van der Waals surface area contributed by atoms with Crippen LogP contribution in [0.3, 0.4) is 0 Å². The van der Waals surface area contributed by atoms with Crippen molar-refractivity contribution in [3.8, 4) is 0 Å². The van der Waals surface area contributed by atoms with Gasteiger partial charge in [0, 0.05) is 0 Å². The molecule has 1 N–H and O–H groups in total. The zero-order valence-electron chi connectivity index (χ0n) is 8.97. The lowest BCUT2D eigenvalue weighted by Gasteiger charge is -2.23. The fourth-order valence-electron chi connectivity index (χ4n) is 0.922. The maximum absolute atomic E-state index is 12.1. The van der Waals surface area contributed by atoms with Gasteiger partial charge in [0.25, 0.3) is 6.57 Å². The van der Waals surface area contributed by atoms with Crippen LogP contribution in [0.15, 0.2) is 0 Å². The first kappa shape index (κ1) is 15.1. The minimum atomic E-state index is -3.30. The zero-order valence-corrected chi connectivity index (χ0v) is 12.4. The molecular formula is C7H18O3P2S2. The van der Waals surface area contributed by atoms with Crippen molar-refractivity contribution in [2.75, 3.05) is 18.2 Å². The van der Waals surface area contributed by atoms with E-state index in [9.17, 15) is 14.0 Å². The van der Waals surface area contributed by atoms with E-state index in [0.29, 0.717) is 5.75 Å². The molecule has 0 fully saturated rings. The van der Waals surface area contributed by atoms with Crippen LogP contribution in [0.2, 0.25) is 0 Å². The van der Waals surface area contributed by atoms with Gasteiger partial charge in [0.2, 0.25) is 0 Å². The second-order valence-electron chi connectivity index (χ2n) is 2.94. The van der Waals surface area contributed by atoms with Gasteiger partial charge in [0.05, 0.1) is 0 Å². The number of hydrogen-bond donors (Lipinski definition) is 1.